The molecular formula is C22H46S11. The predicted molar refractivity (Wildman–Crippen MR) is 193 cm³/mol. The molecule has 0 heterocycles. The van der Waals surface area contributed by atoms with Gasteiger partial charge in [-0.25, -0.2) is 0 Å². The van der Waals surface area contributed by atoms with Crippen LogP contribution in [-0.4, -0.2) is 88.0 Å². The van der Waals surface area contributed by atoms with Gasteiger partial charge in [0.25, 0.3) is 0 Å². The van der Waals surface area contributed by atoms with Crippen molar-refractivity contribution in [3.63, 3.8) is 0 Å². The van der Waals surface area contributed by atoms with Crippen LogP contribution < -0.4 is 0 Å². The normalized spacial score (nSPS) is 19.5. The Morgan fingerprint density at radius 2 is 0.848 bits per heavy atom. The summed E-state index contributed by atoms with van der Waals surface area (Å²) in [6.45, 7) is 8.68. The highest BCUT2D eigenvalue weighted by molar-refractivity contribution is 8.07. The molecular weight excluding hydrogens is 617 g/mol. The highest BCUT2D eigenvalue weighted by Crippen LogP contribution is 2.33. The minimum absolute atomic E-state index is 0.374. The van der Waals surface area contributed by atoms with Crippen LogP contribution in [0, 0.1) is 0 Å². The van der Waals surface area contributed by atoms with Gasteiger partial charge in [-0.05, 0) is 23.3 Å². The van der Waals surface area contributed by atoms with Crippen LogP contribution in [0.3, 0.4) is 0 Å². The molecule has 33 heavy (non-hydrogen) atoms. The van der Waals surface area contributed by atoms with Crippen molar-refractivity contribution in [3.8, 4) is 0 Å². The van der Waals surface area contributed by atoms with E-state index >= 15 is 0 Å². The second kappa shape index (κ2) is 23.7. The summed E-state index contributed by atoms with van der Waals surface area (Å²) in [6, 6.07) is 0. The molecule has 8 unspecified atom stereocenters. The molecule has 0 saturated carbocycles. The van der Waals surface area contributed by atoms with Gasteiger partial charge < -0.3 is 0 Å². The highest BCUT2D eigenvalue weighted by Gasteiger charge is 2.25. The van der Waals surface area contributed by atoms with Crippen LogP contribution in [0.4, 0.5) is 0 Å². The van der Waals surface area contributed by atoms with Gasteiger partial charge in [-0.3, -0.25) is 0 Å². The van der Waals surface area contributed by atoms with Gasteiger partial charge in [-0.2, -0.15) is 135 Å². The molecule has 0 aromatic rings. The van der Waals surface area contributed by atoms with Gasteiger partial charge in [0.15, 0.2) is 0 Å². The lowest BCUT2D eigenvalue weighted by atomic mass is 10.2. The maximum atomic E-state index is 5.01. The minimum atomic E-state index is 0.374. The Balaban J connectivity index is 4.77. The van der Waals surface area contributed by atoms with Crippen LogP contribution in [0.2, 0.25) is 0 Å². The average Bonchev–Trinajstić information content (AvgIpc) is 2.68. The van der Waals surface area contributed by atoms with Crippen molar-refractivity contribution in [2.45, 2.75) is 82.5 Å². The summed E-state index contributed by atoms with van der Waals surface area (Å²) in [5.41, 5.74) is 0. The van der Waals surface area contributed by atoms with Crippen LogP contribution in [0.15, 0.2) is 0 Å². The Bertz CT molecular complexity index is 435. The topological polar surface area (TPSA) is 0 Å². The molecule has 0 fully saturated rings. The molecule has 0 aliphatic rings. The zero-order chi connectivity index (χ0) is 25.2. The third-order valence-corrected chi connectivity index (χ3v) is 14.6. The van der Waals surface area contributed by atoms with E-state index in [1.54, 1.807) is 0 Å². The first-order valence-corrected chi connectivity index (χ1v) is 20.2. The number of hydrogen-bond donors (Lipinski definition) is 6. The van der Waals surface area contributed by atoms with E-state index < -0.39 is 0 Å². The molecule has 0 radical (unpaired) electrons. The smallest absolute Gasteiger partial charge is 0.0255 e. The van der Waals surface area contributed by atoms with E-state index in [2.05, 4.69) is 113 Å². The molecule has 11 heteroatoms. The van der Waals surface area contributed by atoms with Crippen LogP contribution in [0.25, 0.3) is 0 Å². The van der Waals surface area contributed by atoms with E-state index in [4.69, 9.17) is 25.3 Å². The SMILES string of the molecule is CC(S)CSCCSCC(SCC(SCCSCC(C)S)C(S)CC(C)S)C(S)CC(C)S. The standard InChI is InChI=1S/C22H46S11/c1-15(23)9-19(27)21(13-31-6-5-29-11-17(3)25)33-14-22(20(28)10-16(2)24)32-8-7-30-12-18(4)26/h15-28H,5-14H2,1-4H3. The van der Waals surface area contributed by atoms with E-state index in [0.717, 1.165) is 35.9 Å². The molecule has 0 N–H and O–H groups in total. The number of thiol groups is 6. The summed E-state index contributed by atoms with van der Waals surface area (Å²) >= 11 is 38.6. The Morgan fingerprint density at radius 1 is 0.455 bits per heavy atom. The average molecular weight is 663 g/mol. The Morgan fingerprint density at radius 3 is 1.27 bits per heavy atom. The van der Waals surface area contributed by atoms with Crippen LogP contribution >= 0.6 is 135 Å². The largest absolute Gasteiger partial charge is 0.176 e. The van der Waals surface area contributed by atoms with Crippen molar-refractivity contribution in [1.82, 2.24) is 0 Å². The van der Waals surface area contributed by atoms with E-state index in [9.17, 15) is 0 Å². The molecule has 0 aliphatic carbocycles. The van der Waals surface area contributed by atoms with Gasteiger partial charge in [0.2, 0.25) is 0 Å². The van der Waals surface area contributed by atoms with Crippen molar-refractivity contribution in [1.29, 1.82) is 0 Å². The summed E-state index contributed by atoms with van der Waals surface area (Å²) in [5.74, 6) is 9.29. The fourth-order valence-corrected chi connectivity index (χ4v) is 12.3. The summed E-state index contributed by atoms with van der Waals surface area (Å²) < 4.78 is 0. The number of thioether (sulfide) groups is 5. The predicted octanol–water partition coefficient (Wildman–Crippen LogP) is 8.04. The zero-order valence-corrected chi connectivity index (χ0v) is 29.9. The minimum Gasteiger partial charge on any atom is -0.176 e. The van der Waals surface area contributed by atoms with Crippen LogP contribution in [0.1, 0.15) is 40.5 Å². The molecule has 0 spiro atoms. The molecule has 0 saturated heterocycles. The Labute approximate surface area is 260 Å². The Kier molecular flexibility index (Phi) is 26.5. The van der Waals surface area contributed by atoms with Crippen molar-refractivity contribution in [3.05, 3.63) is 0 Å². The molecule has 200 valence electrons. The second-order valence-electron chi connectivity index (χ2n) is 8.51. The number of hydrogen-bond acceptors (Lipinski definition) is 11. The zero-order valence-electron chi connectivity index (χ0n) is 20.4. The van der Waals surface area contributed by atoms with Gasteiger partial charge in [0.05, 0.1) is 0 Å². The first kappa shape index (κ1) is 36.8. The van der Waals surface area contributed by atoms with E-state index in [-0.39, 0.29) is 0 Å². The van der Waals surface area contributed by atoms with Gasteiger partial charge in [-0.15, -0.1) is 0 Å². The third-order valence-electron chi connectivity index (χ3n) is 4.43. The second-order valence-corrected chi connectivity index (χ2v) is 19.4. The first-order valence-electron chi connectivity index (χ1n) is 11.6. The first-order chi connectivity index (χ1) is 15.5. The highest BCUT2D eigenvalue weighted by atomic mass is 32.2. The molecule has 0 rings (SSSR count). The quantitative estimate of drug-likeness (QED) is 0.0512. The summed E-state index contributed by atoms with van der Waals surface area (Å²) in [7, 11) is 0. The van der Waals surface area contributed by atoms with Crippen LogP contribution in [0.5, 0.6) is 0 Å². The maximum absolute atomic E-state index is 5.01. The molecule has 0 aromatic carbocycles. The Hall–Kier alpha value is 3.85. The molecule has 0 aromatic heterocycles. The van der Waals surface area contributed by atoms with E-state index in [1.807, 2.05) is 23.5 Å². The lowest BCUT2D eigenvalue weighted by Gasteiger charge is -2.28. The lowest BCUT2D eigenvalue weighted by molar-refractivity contribution is 0.742. The van der Waals surface area contributed by atoms with Gasteiger partial charge >= 0.3 is 0 Å². The molecule has 0 nitrogen and oxygen atoms in total. The van der Waals surface area contributed by atoms with E-state index in [1.165, 1.54) is 23.0 Å². The summed E-state index contributed by atoms with van der Waals surface area (Å²) in [5, 5.41) is 3.53. The van der Waals surface area contributed by atoms with Crippen molar-refractivity contribution >= 4 is 135 Å². The summed E-state index contributed by atoms with van der Waals surface area (Å²) in [4.78, 5) is 0. The van der Waals surface area contributed by atoms with Crippen molar-refractivity contribution in [2.24, 2.45) is 0 Å². The summed E-state index contributed by atoms with van der Waals surface area (Å²) in [6.07, 6.45) is 2.09. The van der Waals surface area contributed by atoms with E-state index in [0.29, 0.717) is 42.0 Å². The maximum Gasteiger partial charge on any atom is 0.0255 e. The fourth-order valence-electron chi connectivity index (χ4n) is 2.85. The molecule has 0 amide bonds. The van der Waals surface area contributed by atoms with Crippen molar-refractivity contribution < 1.29 is 0 Å². The van der Waals surface area contributed by atoms with Gasteiger partial charge in [-0.1, -0.05) is 27.7 Å². The lowest BCUT2D eigenvalue weighted by Crippen LogP contribution is -2.29. The third kappa shape index (κ3) is 23.5. The van der Waals surface area contributed by atoms with Crippen molar-refractivity contribution in [2.75, 3.05) is 46.0 Å². The fraction of sp³-hybridized carbons (Fsp3) is 1.00. The van der Waals surface area contributed by atoms with Gasteiger partial charge in [0.1, 0.15) is 0 Å². The molecule has 8 atom stereocenters. The van der Waals surface area contributed by atoms with Gasteiger partial charge in [0, 0.05) is 77.5 Å². The molecule has 0 aliphatic heterocycles. The number of rotatable bonds is 22. The van der Waals surface area contributed by atoms with Crippen LogP contribution in [-0.2, 0) is 0 Å². The molecule has 0 bridgehead atoms. The monoisotopic (exact) mass is 662 g/mol.